The molecule has 0 saturated heterocycles. The number of nitrogens with two attached hydrogens (primary N) is 1. The predicted molar refractivity (Wildman–Crippen MR) is 68.9 cm³/mol. The van der Waals surface area contributed by atoms with Crippen molar-refractivity contribution in [2.24, 2.45) is 5.73 Å². The van der Waals surface area contributed by atoms with Gasteiger partial charge in [0.1, 0.15) is 5.25 Å². The molecule has 0 aromatic heterocycles. The molecule has 0 spiro atoms. The smallest absolute Gasteiger partial charge is 0.223 e. The van der Waals surface area contributed by atoms with Crippen LogP contribution >= 0.6 is 12.2 Å². The van der Waals surface area contributed by atoms with Gasteiger partial charge in [-0.15, -0.1) is 0 Å². The van der Waals surface area contributed by atoms with Gasteiger partial charge in [-0.2, -0.15) is 4.31 Å². The van der Waals surface area contributed by atoms with Crippen LogP contribution < -0.4 is 5.73 Å². The van der Waals surface area contributed by atoms with Crippen LogP contribution in [0, 0.1) is 0 Å². The Hall–Kier alpha value is -0.240. The zero-order chi connectivity index (χ0) is 12.9. The molecule has 0 aliphatic heterocycles. The molecule has 0 aliphatic carbocycles. The summed E-state index contributed by atoms with van der Waals surface area (Å²) in [6, 6.07) is -0.238. The number of hydrogen-bond donors (Lipinski definition) is 1. The van der Waals surface area contributed by atoms with Gasteiger partial charge in [-0.05, 0) is 13.3 Å². The number of likely N-dealkylation sites (N-methyl/N-ethyl adjacent to an activating group) is 1. The first-order valence-electron chi connectivity index (χ1n) is 5.04. The summed E-state index contributed by atoms with van der Waals surface area (Å²) in [5.74, 6) is 0. The molecule has 5 nitrogen and oxygen atoms in total. The highest BCUT2D eigenvalue weighted by Gasteiger charge is 2.33. The first-order chi connectivity index (χ1) is 7.28. The maximum absolute atomic E-state index is 12.1. The van der Waals surface area contributed by atoms with Crippen molar-refractivity contribution in [1.82, 2.24) is 4.31 Å². The van der Waals surface area contributed by atoms with Gasteiger partial charge in [0.15, 0.2) is 0 Å². The largest absolute Gasteiger partial charge is 0.392 e. The number of thiocarbonyl (C=S) groups is 1. The topological polar surface area (TPSA) is 72.6 Å². The van der Waals surface area contributed by atoms with Crippen molar-refractivity contribution < 1.29 is 13.2 Å². The number of nitrogens with zero attached hydrogens (tertiary/aromatic N) is 1. The van der Waals surface area contributed by atoms with Crippen LogP contribution in [0.1, 0.15) is 20.3 Å². The Morgan fingerprint density at radius 3 is 2.38 bits per heavy atom. The average molecular weight is 268 g/mol. The molecule has 0 heterocycles. The van der Waals surface area contributed by atoms with Crippen molar-refractivity contribution in [2.75, 3.05) is 20.8 Å². The number of methoxy groups -OCH3 is 1. The van der Waals surface area contributed by atoms with E-state index in [1.54, 1.807) is 13.8 Å². The van der Waals surface area contributed by atoms with Crippen LogP contribution in [0.4, 0.5) is 0 Å². The van der Waals surface area contributed by atoms with Gasteiger partial charge in [0.05, 0.1) is 11.6 Å². The van der Waals surface area contributed by atoms with Gasteiger partial charge in [-0.3, -0.25) is 0 Å². The van der Waals surface area contributed by atoms with E-state index in [0.29, 0.717) is 13.0 Å². The van der Waals surface area contributed by atoms with E-state index in [4.69, 9.17) is 22.7 Å². The second-order valence-corrected chi connectivity index (χ2v) is 6.31. The van der Waals surface area contributed by atoms with Gasteiger partial charge < -0.3 is 10.5 Å². The Balaban J connectivity index is 4.96. The lowest BCUT2D eigenvalue weighted by Crippen LogP contribution is -2.47. The van der Waals surface area contributed by atoms with Crippen molar-refractivity contribution in [1.29, 1.82) is 0 Å². The molecule has 2 N–H and O–H groups in total. The number of rotatable bonds is 7. The molecule has 0 bridgehead atoms. The molecule has 2 unspecified atom stereocenters. The average Bonchev–Trinajstić information content (AvgIpc) is 2.16. The van der Waals surface area contributed by atoms with E-state index in [0.717, 1.165) is 0 Å². The Kier molecular flexibility index (Phi) is 6.39. The zero-order valence-electron chi connectivity index (χ0n) is 10.1. The van der Waals surface area contributed by atoms with Crippen molar-refractivity contribution >= 4 is 27.2 Å². The summed E-state index contributed by atoms with van der Waals surface area (Å²) >= 11 is 4.78. The summed E-state index contributed by atoms with van der Waals surface area (Å²) in [4.78, 5) is 0.0129. The van der Waals surface area contributed by atoms with E-state index < -0.39 is 15.3 Å². The lowest BCUT2D eigenvalue weighted by Gasteiger charge is -2.27. The summed E-state index contributed by atoms with van der Waals surface area (Å²) in [5, 5.41) is -0.799. The van der Waals surface area contributed by atoms with Gasteiger partial charge in [0.25, 0.3) is 0 Å². The molecule has 0 aromatic carbocycles. The van der Waals surface area contributed by atoms with Gasteiger partial charge in [0, 0.05) is 20.2 Å². The second-order valence-electron chi connectivity index (χ2n) is 3.66. The van der Waals surface area contributed by atoms with Crippen LogP contribution in [-0.2, 0) is 14.8 Å². The number of hydrogen-bond acceptors (Lipinski definition) is 4. The Bertz CT molecular complexity index is 330. The van der Waals surface area contributed by atoms with Crippen molar-refractivity contribution in [3.8, 4) is 0 Å². The highest BCUT2D eigenvalue weighted by atomic mass is 32.2. The second kappa shape index (κ2) is 6.48. The lowest BCUT2D eigenvalue weighted by atomic mass is 10.3. The Morgan fingerprint density at radius 2 is 2.06 bits per heavy atom. The van der Waals surface area contributed by atoms with E-state index in [-0.39, 0.29) is 11.0 Å². The van der Waals surface area contributed by atoms with Crippen LogP contribution in [0.15, 0.2) is 0 Å². The third-order valence-electron chi connectivity index (χ3n) is 2.48. The molecular weight excluding hydrogens is 248 g/mol. The van der Waals surface area contributed by atoms with Crippen molar-refractivity contribution in [3.05, 3.63) is 0 Å². The van der Waals surface area contributed by atoms with Crippen LogP contribution in [0.3, 0.4) is 0 Å². The maximum atomic E-state index is 12.1. The Morgan fingerprint density at radius 1 is 1.56 bits per heavy atom. The van der Waals surface area contributed by atoms with Crippen molar-refractivity contribution in [3.63, 3.8) is 0 Å². The SMILES string of the molecule is CCC(C(N)=S)S(=O)(=O)N(C)C(C)COC. The molecule has 96 valence electrons. The standard InChI is InChI=1S/C9H20N2O3S2/c1-5-8(9(10)15)16(12,13)11(3)7(2)6-14-4/h7-8H,5-6H2,1-4H3,(H2,10,15). The first-order valence-corrected chi connectivity index (χ1v) is 6.95. The number of sulfonamides is 1. The Labute approximate surface area is 103 Å². The van der Waals surface area contributed by atoms with Gasteiger partial charge in [-0.1, -0.05) is 19.1 Å². The molecule has 0 aromatic rings. The summed E-state index contributed by atoms with van der Waals surface area (Å²) < 4.78 is 30.4. The first kappa shape index (κ1) is 15.8. The van der Waals surface area contributed by atoms with Gasteiger partial charge in [0.2, 0.25) is 10.0 Å². The normalized spacial score (nSPS) is 16.1. The summed E-state index contributed by atoms with van der Waals surface area (Å²) in [5.41, 5.74) is 5.44. The lowest BCUT2D eigenvalue weighted by molar-refractivity contribution is 0.149. The van der Waals surface area contributed by atoms with E-state index in [9.17, 15) is 8.42 Å². The molecule has 0 fully saturated rings. The molecule has 16 heavy (non-hydrogen) atoms. The summed E-state index contributed by atoms with van der Waals surface area (Å²) in [6.07, 6.45) is 0.377. The highest BCUT2D eigenvalue weighted by molar-refractivity contribution is 7.92. The molecule has 2 atom stereocenters. The molecular formula is C9H20N2O3S2. The van der Waals surface area contributed by atoms with E-state index in [1.165, 1.54) is 18.5 Å². The highest BCUT2D eigenvalue weighted by Crippen LogP contribution is 2.14. The molecule has 0 amide bonds. The summed E-state index contributed by atoms with van der Waals surface area (Å²) in [6.45, 7) is 3.85. The third kappa shape index (κ3) is 3.65. The van der Waals surface area contributed by atoms with Crippen LogP contribution in [0.25, 0.3) is 0 Å². The molecule has 0 radical (unpaired) electrons. The summed E-state index contributed by atoms with van der Waals surface area (Å²) in [7, 11) is -0.441. The van der Waals surface area contributed by atoms with Crippen molar-refractivity contribution in [2.45, 2.75) is 31.6 Å². The van der Waals surface area contributed by atoms with Crippen LogP contribution in [-0.4, -0.2) is 49.8 Å². The van der Waals surface area contributed by atoms with Gasteiger partial charge in [-0.25, -0.2) is 8.42 Å². The predicted octanol–water partition coefficient (Wildman–Crippen LogP) is 0.348. The minimum atomic E-state index is -3.48. The number of ether oxygens (including phenoxy) is 1. The molecule has 0 rings (SSSR count). The molecule has 7 heteroatoms. The fourth-order valence-electron chi connectivity index (χ4n) is 1.36. The van der Waals surface area contributed by atoms with E-state index >= 15 is 0 Å². The minimum Gasteiger partial charge on any atom is -0.392 e. The zero-order valence-corrected chi connectivity index (χ0v) is 11.8. The monoisotopic (exact) mass is 268 g/mol. The van der Waals surface area contributed by atoms with Crippen LogP contribution in [0.5, 0.6) is 0 Å². The molecule has 0 aliphatic rings. The molecule has 0 saturated carbocycles. The van der Waals surface area contributed by atoms with E-state index in [1.807, 2.05) is 0 Å². The fourth-order valence-corrected chi connectivity index (χ4v) is 3.57. The quantitative estimate of drug-likeness (QED) is 0.674. The minimum absolute atomic E-state index is 0.0129. The van der Waals surface area contributed by atoms with Gasteiger partial charge >= 0.3 is 0 Å². The van der Waals surface area contributed by atoms with Crippen LogP contribution in [0.2, 0.25) is 0 Å². The van der Waals surface area contributed by atoms with E-state index in [2.05, 4.69) is 0 Å². The maximum Gasteiger partial charge on any atom is 0.223 e. The fraction of sp³-hybridized carbons (Fsp3) is 0.889. The third-order valence-corrected chi connectivity index (χ3v) is 5.38.